The number of anilines is 2. The molecule has 1 aromatic carbocycles. The van der Waals surface area contributed by atoms with Crippen LogP contribution >= 0.6 is 0 Å². The van der Waals surface area contributed by atoms with Crippen LogP contribution in [0.2, 0.25) is 0 Å². The van der Waals surface area contributed by atoms with Crippen molar-refractivity contribution in [2.45, 2.75) is 33.2 Å². The third-order valence-electron chi connectivity index (χ3n) is 2.79. The summed E-state index contributed by atoms with van der Waals surface area (Å²) in [6.07, 6.45) is 0.628. The van der Waals surface area contributed by atoms with Crippen molar-refractivity contribution in [3.8, 4) is 0 Å². The highest BCUT2D eigenvalue weighted by Gasteiger charge is 2.15. The first-order valence-corrected chi connectivity index (χ1v) is 7.13. The van der Waals surface area contributed by atoms with Crippen LogP contribution in [-0.2, 0) is 4.79 Å². The zero-order valence-electron chi connectivity index (χ0n) is 12.8. The molecule has 0 saturated heterocycles. The molecule has 5 N–H and O–H groups in total. The third kappa shape index (κ3) is 6.27. The van der Waals surface area contributed by atoms with Gasteiger partial charge in [0, 0.05) is 17.9 Å². The maximum Gasteiger partial charge on any atom is 0.319 e. The van der Waals surface area contributed by atoms with E-state index in [0.29, 0.717) is 30.3 Å². The number of carbonyl (C=O) groups is 2. The number of hydrogen-bond acceptors (Lipinski definition) is 3. The van der Waals surface area contributed by atoms with Gasteiger partial charge in [-0.25, -0.2) is 4.79 Å². The number of nitrogens with one attached hydrogen (secondary N) is 3. The Kier molecular flexibility index (Phi) is 6.68. The lowest BCUT2D eigenvalue weighted by Crippen LogP contribution is -2.36. The predicted molar refractivity (Wildman–Crippen MR) is 85.2 cm³/mol. The Hall–Kier alpha value is -2.08. The lowest BCUT2D eigenvalue weighted by Gasteiger charge is -2.14. The summed E-state index contributed by atoms with van der Waals surface area (Å²) in [6, 6.07) is 6.13. The maximum absolute atomic E-state index is 11.9. The lowest BCUT2D eigenvalue weighted by atomic mass is 10.0. The topological polar surface area (TPSA) is 96.2 Å². The van der Waals surface area contributed by atoms with Crippen molar-refractivity contribution in [1.82, 2.24) is 5.32 Å². The molecule has 1 aromatic rings. The van der Waals surface area contributed by atoms with E-state index in [4.69, 9.17) is 5.73 Å². The Morgan fingerprint density at radius 1 is 1.19 bits per heavy atom. The van der Waals surface area contributed by atoms with E-state index in [1.165, 1.54) is 0 Å². The molecule has 6 heteroatoms. The Morgan fingerprint density at radius 2 is 1.81 bits per heavy atom. The fourth-order valence-corrected chi connectivity index (χ4v) is 1.86. The van der Waals surface area contributed by atoms with Crippen molar-refractivity contribution in [2.24, 2.45) is 11.7 Å². The summed E-state index contributed by atoms with van der Waals surface area (Å²) in [7, 11) is 0. The normalized spacial score (nSPS) is 11.9. The van der Waals surface area contributed by atoms with Gasteiger partial charge in [0.1, 0.15) is 0 Å². The van der Waals surface area contributed by atoms with Crippen LogP contribution in [0.3, 0.4) is 0 Å². The van der Waals surface area contributed by atoms with Crippen LogP contribution in [0.15, 0.2) is 24.3 Å². The van der Waals surface area contributed by atoms with E-state index in [1.807, 2.05) is 20.8 Å². The number of carbonyl (C=O) groups excluding carboxylic acids is 2. The van der Waals surface area contributed by atoms with Crippen LogP contribution in [0, 0.1) is 5.92 Å². The van der Waals surface area contributed by atoms with Gasteiger partial charge in [0.25, 0.3) is 0 Å². The highest BCUT2D eigenvalue weighted by Crippen LogP contribution is 2.15. The molecule has 0 heterocycles. The first-order valence-electron chi connectivity index (χ1n) is 7.13. The van der Waals surface area contributed by atoms with Gasteiger partial charge in [-0.15, -0.1) is 0 Å². The molecule has 6 nitrogen and oxygen atoms in total. The van der Waals surface area contributed by atoms with E-state index < -0.39 is 6.04 Å². The van der Waals surface area contributed by atoms with Crippen molar-refractivity contribution in [3.05, 3.63) is 24.3 Å². The summed E-state index contributed by atoms with van der Waals surface area (Å²) in [5, 5.41) is 8.08. The monoisotopic (exact) mass is 292 g/mol. The Balaban J connectivity index is 2.63. The molecule has 0 radical (unpaired) electrons. The molecular weight excluding hydrogens is 268 g/mol. The number of nitrogens with two attached hydrogens (primary N) is 1. The second kappa shape index (κ2) is 8.26. The molecule has 116 valence electrons. The molecule has 0 fully saturated rings. The van der Waals surface area contributed by atoms with Gasteiger partial charge in [0.05, 0.1) is 6.04 Å². The van der Waals surface area contributed by atoms with Crippen molar-refractivity contribution in [2.75, 3.05) is 17.2 Å². The quantitative estimate of drug-likeness (QED) is 0.646. The molecule has 0 saturated carbocycles. The predicted octanol–water partition coefficient (Wildman–Crippen LogP) is 2.14. The summed E-state index contributed by atoms with van der Waals surface area (Å²) in [4.78, 5) is 23.4. The van der Waals surface area contributed by atoms with E-state index >= 15 is 0 Å². The number of benzene rings is 1. The molecule has 0 spiro atoms. The number of urea groups is 1. The largest absolute Gasteiger partial charge is 0.338 e. The molecule has 3 amide bonds. The van der Waals surface area contributed by atoms with Gasteiger partial charge in [0.15, 0.2) is 0 Å². The zero-order chi connectivity index (χ0) is 15.8. The van der Waals surface area contributed by atoms with E-state index in [1.54, 1.807) is 24.3 Å². The smallest absolute Gasteiger partial charge is 0.319 e. The average Bonchev–Trinajstić information content (AvgIpc) is 2.38. The van der Waals surface area contributed by atoms with Crippen LogP contribution in [0.5, 0.6) is 0 Å². The van der Waals surface area contributed by atoms with Gasteiger partial charge >= 0.3 is 6.03 Å². The SMILES string of the molecule is CCNC(=O)Nc1cccc(NC(=O)[C@@H](N)CC(C)C)c1. The molecule has 21 heavy (non-hydrogen) atoms. The minimum absolute atomic E-state index is 0.223. The van der Waals surface area contributed by atoms with E-state index in [0.717, 1.165) is 0 Å². The van der Waals surface area contributed by atoms with Crippen molar-refractivity contribution >= 4 is 23.3 Å². The van der Waals surface area contributed by atoms with Gasteiger partial charge in [0.2, 0.25) is 5.91 Å². The lowest BCUT2D eigenvalue weighted by molar-refractivity contribution is -0.117. The van der Waals surface area contributed by atoms with E-state index in [-0.39, 0.29) is 11.9 Å². The number of amides is 3. The second-order valence-corrected chi connectivity index (χ2v) is 5.29. The Morgan fingerprint density at radius 3 is 2.38 bits per heavy atom. The van der Waals surface area contributed by atoms with Crippen LogP contribution in [0.4, 0.5) is 16.2 Å². The van der Waals surface area contributed by atoms with Gasteiger partial charge < -0.3 is 21.7 Å². The number of hydrogen-bond donors (Lipinski definition) is 4. The minimum Gasteiger partial charge on any atom is -0.338 e. The molecule has 1 rings (SSSR count). The summed E-state index contributed by atoms with van der Waals surface area (Å²) in [6.45, 7) is 6.42. The second-order valence-electron chi connectivity index (χ2n) is 5.29. The molecule has 0 aliphatic rings. The summed E-state index contributed by atoms with van der Waals surface area (Å²) in [5.41, 5.74) is 7.05. The van der Waals surface area contributed by atoms with Crippen LogP contribution < -0.4 is 21.7 Å². The van der Waals surface area contributed by atoms with Crippen LogP contribution in [0.25, 0.3) is 0 Å². The van der Waals surface area contributed by atoms with Gasteiger partial charge in [-0.05, 0) is 37.5 Å². The molecule has 1 atom stereocenters. The first kappa shape index (κ1) is 17.0. The highest BCUT2D eigenvalue weighted by molar-refractivity contribution is 5.96. The molecule has 0 unspecified atom stereocenters. The molecule has 0 aliphatic heterocycles. The molecular formula is C15H24N4O2. The average molecular weight is 292 g/mol. The highest BCUT2D eigenvalue weighted by atomic mass is 16.2. The Labute approximate surface area is 125 Å². The standard InChI is InChI=1S/C15H24N4O2/c1-4-17-15(21)19-12-7-5-6-11(9-12)18-14(20)13(16)8-10(2)3/h5-7,9-10,13H,4,8,16H2,1-3H3,(H,18,20)(H2,17,19,21)/t13-/m0/s1. The van der Waals surface area contributed by atoms with Crippen LogP contribution in [0.1, 0.15) is 27.2 Å². The van der Waals surface area contributed by atoms with Gasteiger partial charge in [-0.2, -0.15) is 0 Å². The van der Waals surface area contributed by atoms with Crippen molar-refractivity contribution in [1.29, 1.82) is 0 Å². The Bertz CT molecular complexity index is 488. The van der Waals surface area contributed by atoms with Gasteiger partial charge in [-0.1, -0.05) is 19.9 Å². The molecule has 0 aromatic heterocycles. The van der Waals surface area contributed by atoms with Crippen molar-refractivity contribution in [3.63, 3.8) is 0 Å². The summed E-state index contributed by atoms with van der Waals surface area (Å²) >= 11 is 0. The zero-order valence-corrected chi connectivity index (χ0v) is 12.8. The fraction of sp³-hybridized carbons (Fsp3) is 0.467. The van der Waals surface area contributed by atoms with E-state index in [2.05, 4.69) is 16.0 Å². The summed E-state index contributed by atoms with van der Waals surface area (Å²) < 4.78 is 0. The van der Waals surface area contributed by atoms with E-state index in [9.17, 15) is 9.59 Å². The molecule has 0 bridgehead atoms. The minimum atomic E-state index is -0.537. The van der Waals surface area contributed by atoms with Crippen molar-refractivity contribution < 1.29 is 9.59 Å². The van der Waals surface area contributed by atoms with Crippen LogP contribution in [-0.4, -0.2) is 24.5 Å². The third-order valence-corrected chi connectivity index (χ3v) is 2.79. The first-order chi connectivity index (χ1) is 9.92. The maximum atomic E-state index is 11.9. The fourth-order valence-electron chi connectivity index (χ4n) is 1.86. The summed E-state index contributed by atoms with van der Waals surface area (Å²) in [5.74, 6) is 0.135. The number of rotatable bonds is 6. The molecule has 0 aliphatic carbocycles. The van der Waals surface area contributed by atoms with Gasteiger partial charge in [-0.3, -0.25) is 4.79 Å².